The summed E-state index contributed by atoms with van der Waals surface area (Å²) in [5.74, 6) is -3.14. The number of benzene rings is 2. The van der Waals surface area contributed by atoms with Gasteiger partial charge in [-0.25, -0.2) is 18.4 Å². The van der Waals surface area contributed by atoms with Crippen LogP contribution >= 0.6 is 0 Å². The molecule has 1 aliphatic heterocycles. The Hall–Kier alpha value is -4.85. The van der Waals surface area contributed by atoms with Crippen molar-refractivity contribution in [1.29, 1.82) is 0 Å². The van der Waals surface area contributed by atoms with E-state index < -0.39 is 59.0 Å². The number of carbonyl (C=O) groups excluding carboxylic acids is 2. The van der Waals surface area contributed by atoms with Crippen LogP contribution in [0.5, 0.6) is 5.75 Å². The molecule has 0 saturated heterocycles. The number of nitrogens with one attached hydrogen (secondary N) is 1. The van der Waals surface area contributed by atoms with Crippen molar-refractivity contribution in [3.63, 3.8) is 0 Å². The molecule has 0 radical (unpaired) electrons. The van der Waals surface area contributed by atoms with Gasteiger partial charge in [-0.1, -0.05) is 12.1 Å². The largest absolute Gasteiger partial charge is 0.486 e. The number of amides is 2. The second-order valence-corrected chi connectivity index (χ2v) is 10.1. The van der Waals surface area contributed by atoms with E-state index in [0.717, 1.165) is 35.3 Å². The predicted octanol–water partition coefficient (Wildman–Crippen LogP) is 3.28. The summed E-state index contributed by atoms with van der Waals surface area (Å²) in [5.41, 5.74) is -0.726. The standard InChI is InChI=1S/C28H20F5N5O4/c29-16-7-5-14(6-8-16)22-23-17(26(25(34)40)10-21(26)42-23)9-20(37-22)27(41,28(31,32)33)13-35-24(39)15-11-36-38(12-15)19-4-2-1-3-18(19)30/h1-9,11-12,21,41H,10,13H2,(H2,34,40)(H,35,39)/t21?,26-,27?/m1/s1. The first-order valence-electron chi connectivity index (χ1n) is 12.5. The number of rotatable bonds is 7. The number of halogens is 5. The van der Waals surface area contributed by atoms with Crippen LogP contribution in [0.2, 0.25) is 0 Å². The molecule has 2 aromatic heterocycles. The van der Waals surface area contributed by atoms with Gasteiger partial charge >= 0.3 is 6.18 Å². The Morgan fingerprint density at radius 2 is 1.86 bits per heavy atom. The first kappa shape index (κ1) is 27.3. The van der Waals surface area contributed by atoms with Crippen molar-refractivity contribution >= 4 is 11.8 Å². The van der Waals surface area contributed by atoms with E-state index in [1.54, 1.807) is 0 Å². The molecular formula is C28H20F5N5O4. The number of carbonyl (C=O) groups is 2. The monoisotopic (exact) mass is 585 g/mol. The Morgan fingerprint density at radius 1 is 1.14 bits per heavy atom. The molecule has 2 aromatic carbocycles. The van der Waals surface area contributed by atoms with Gasteiger partial charge in [0.1, 0.15) is 34.5 Å². The molecule has 0 spiro atoms. The maximum atomic E-state index is 14.5. The van der Waals surface area contributed by atoms with Crippen molar-refractivity contribution in [3.05, 3.63) is 95.4 Å². The quantitative estimate of drug-likeness (QED) is 0.285. The van der Waals surface area contributed by atoms with Crippen molar-refractivity contribution in [3.8, 4) is 22.7 Å². The highest BCUT2D eigenvalue weighted by atomic mass is 19.4. The van der Waals surface area contributed by atoms with E-state index in [9.17, 15) is 36.6 Å². The molecule has 4 aromatic rings. The fourth-order valence-corrected chi connectivity index (χ4v) is 5.05. The summed E-state index contributed by atoms with van der Waals surface area (Å²) in [4.78, 5) is 29.2. The van der Waals surface area contributed by atoms with Crippen LogP contribution in [0.3, 0.4) is 0 Å². The van der Waals surface area contributed by atoms with E-state index in [1.807, 2.05) is 5.32 Å². The zero-order chi connectivity index (χ0) is 30.0. The minimum atomic E-state index is -5.37. The van der Waals surface area contributed by atoms with Crippen molar-refractivity contribution in [2.75, 3.05) is 6.54 Å². The first-order valence-corrected chi connectivity index (χ1v) is 12.5. The number of para-hydroxylation sites is 1. The van der Waals surface area contributed by atoms with E-state index in [2.05, 4.69) is 10.1 Å². The lowest BCUT2D eigenvalue weighted by Gasteiger charge is -2.31. The molecule has 4 N–H and O–H groups in total. The van der Waals surface area contributed by atoms with Crippen LogP contribution in [-0.4, -0.2) is 50.5 Å². The Bertz CT molecular complexity index is 1740. The summed E-state index contributed by atoms with van der Waals surface area (Å²) >= 11 is 0. The van der Waals surface area contributed by atoms with Gasteiger partial charge in [-0.3, -0.25) is 9.59 Å². The minimum Gasteiger partial charge on any atom is -0.486 e. The molecule has 3 atom stereocenters. The van der Waals surface area contributed by atoms with Crippen LogP contribution in [0, 0.1) is 11.6 Å². The molecule has 2 unspecified atom stereocenters. The normalized spacial score (nSPS) is 20.2. The van der Waals surface area contributed by atoms with Gasteiger partial charge in [0.15, 0.2) is 5.75 Å². The van der Waals surface area contributed by atoms with Gasteiger partial charge in [-0.05, 0) is 42.5 Å². The molecule has 14 heteroatoms. The van der Waals surface area contributed by atoms with E-state index in [0.29, 0.717) is 0 Å². The number of pyridine rings is 1. The van der Waals surface area contributed by atoms with Crippen LogP contribution in [0.15, 0.2) is 67.0 Å². The molecule has 3 heterocycles. The number of ether oxygens (including phenoxy) is 1. The number of alkyl halides is 3. The van der Waals surface area contributed by atoms with Crippen molar-refractivity contribution in [2.45, 2.75) is 29.7 Å². The lowest BCUT2D eigenvalue weighted by molar-refractivity contribution is -0.265. The molecule has 216 valence electrons. The van der Waals surface area contributed by atoms with Crippen LogP contribution in [0.4, 0.5) is 22.0 Å². The highest BCUT2D eigenvalue weighted by molar-refractivity contribution is 5.95. The molecule has 1 saturated carbocycles. The third kappa shape index (κ3) is 4.17. The Labute approximate surface area is 233 Å². The zero-order valence-corrected chi connectivity index (χ0v) is 21.3. The van der Waals surface area contributed by atoms with Crippen LogP contribution < -0.4 is 15.8 Å². The van der Waals surface area contributed by atoms with Crippen molar-refractivity contribution < 1.29 is 41.4 Å². The highest BCUT2D eigenvalue weighted by Gasteiger charge is 2.69. The zero-order valence-electron chi connectivity index (χ0n) is 21.3. The summed E-state index contributed by atoms with van der Waals surface area (Å²) in [5, 5.41) is 17.0. The highest BCUT2D eigenvalue weighted by Crippen LogP contribution is 2.61. The number of nitrogens with two attached hydrogens (primary N) is 1. The van der Waals surface area contributed by atoms with Crippen LogP contribution in [0.25, 0.3) is 16.9 Å². The maximum Gasteiger partial charge on any atom is 0.424 e. The molecule has 2 aliphatic rings. The molecule has 1 aliphatic carbocycles. The lowest BCUT2D eigenvalue weighted by atomic mass is 9.89. The Kier molecular flexibility index (Phi) is 6.08. The second-order valence-electron chi connectivity index (χ2n) is 10.1. The van der Waals surface area contributed by atoms with E-state index in [-0.39, 0.29) is 40.2 Å². The van der Waals surface area contributed by atoms with E-state index in [4.69, 9.17) is 10.5 Å². The molecule has 2 amide bonds. The molecule has 1 fully saturated rings. The van der Waals surface area contributed by atoms with E-state index >= 15 is 0 Å². The Balaban J connectivity index is 1.37. The second kappa shape index (κ2) is 9.34. The SMILES string of the molecule is NC(=O)[C@@]12CC1Oc1c2cc(C(O)(CNC(=O)c2cnn(-c3ccccc3F)c2)C(F)(F)F)nc1-c1ccc(F)cc1. The number of primary amides is 1. The summed E-state index contributed by atoms with van der Waals surface area (Å²) in [6, 6.07) is 11.1. The third-order valence-corrected chi connectivity index (χ3v) is 7.51. The lowest BCUT2D eigenvalue weighted by Crippen LogP contribution is -2.51. The van der Waals surface area contributed by atoms with Gasteiger partial charge in [0, 0.05) is 23.7 Å². The molecule has 0 bridgehead atoms. The van der Waals surface area contributed by atoms with Crippen LogP contribution in [0.1, 0.15) is 28.0 Å². The fourth-order valence-electron chi connectivity index (χ4n) is 5.05. The summed E-state index contributed by atoms with van der Waals surface area (Å²) in [6.45, 7) is -1.39. The number of nitrogens with zero attached hydrogens (tertiary/aromatic N) is 3. The van der Waals surface area contributed by atoms with Gasteiger partial charge in [-0.15, -0.1) is 0 Å². The van der Waals surface area contributed by atoms with Crippen molar-refractivity contribution in [2.24, 2.45) is 5.73 Å². The van der Waals surface area contributed by atoms with E-state index in [1.165, 1.54) is 36.4 Å². The minimum absolute atomic E-state index is 0.00277. The number of hydrogen-bond donors (Lipinski definition) is 3. The summed E-state index contributed by atoms with van der Waals surface area (Å²) in [7, 11) is 0. The topological polar surface area (TPSA) is 132 Å². The average molecular weight is 585 g/mol. The van der Waals surface area contributed by atoms with Gasteiger partial charge in [-0.2, -0.15) is 18.3 Å². The Morgan fingerprint density at radius 3 is 2.52 bits per heavy atom. The van der Waals surface area contributed by atoms with Crippen molar-refractivity contribution in [1.82, 2.24) is 20.1 Å². The summed E-state index contributed by atoms with van der Waals surface area (Å²) < 4.78 is 78.2. The fraction of sp³-hybridized carbons (Fsp3) is 0.214. The number of hydrogen-bond acceptors (Lipinski definition) is 6. The van der Waals surface area contributed by atoms with Gasteiger partial charge in [0.05, 0.1) is 24.0 Å². The number of fused-ring (bicyclic) bond motifs is 3. The van der Waals surface area contributed by atoms with Gasteiger partial charge in [0.2, 0.25) is 11.5 Å². The molecule has 42 heavy (non-hydrogen) atoms. The number of aromatic nitrogens is 3. The smallest absolute Gasteiger partial charge is 0.424 e. The first-order chi connectivity index (χ1) is 19.8. The van der Waals surface area contributed by atoms with Gasteiger partial charge < -0.3 is 20.9 Å². The van der Waals surface area contributed by atoms with Crippen LogP contribution in [-0.2, 0) is 15.8 Å². The predicted molar refractivity (Wildman–Crippen MR) is 135 cm³/mol. The molecule has 9 nitrogen and oxygen atoms in total. The summed E-state index contributed by atoms with van der Waals surface area (Å²) in [6.07, 6.45) is -3.85. The molecule has 6 rings (SSSR count). The molecular weight excluding hydrogens is 565 g/mol. The third-order valence-electron chi connectivity index (χ3n) is 7.51. The van der Waals surface area contributed by atoms with Gasteiger partial charge in [0.25, 0.3) is 5.91 Å². The maximum absolute atomic E-state index is 14.5. The average Bonchev–Trinajstić information content (AvgIpc) is 3.31. The number of aliphatic hydroxyl groups is 1.